The Kier molecular flexibility index (Phi) is 2.15. The lowest BCUT2D eigenvalue weighted by atomic mass is 10.2. The van der Waals surface area contributed by atoms with Crippen molar-refractivity contribution in [1.82, 2.24) is 5.32 Å². The van der Waals surface area contributed by atoms with Gasteiger partial charge in [0.15, 0.2) is 0 Å². The van der Waals surface area contributed by atoms with E-state index in [9.17, 15) is 4.79 Å². The predicted octanol–water partition coefficient (Wildman–Crippen LogP) is -1.03. The first-order valence-corrected chi connectivity index (χ1v) is 3.79. The van der Waals surface area contributed by atoms with E-state index in [4.69, 9.17) is 10.8 Å². The Hall–Kier alpha value is -0.610. The van der Waals surface area contributed by atoms with Crippen LogP contribution in [0.3, 0.4) is 0 Å². The van der Waals surface area contributed by atoms with Crippen LogP contribution in [0.5, 0.6) is 0 Å². The minimum atomic E-state index is -0.622. The van der Waals surface area contributed by atoms with E-state index in [-0.39, 0.29) is 18.6 Å². The lowest BCUT2D eigenvalue weighted by Crippen LogP contribution is -2.47. The zero-order chi connectivity index (χ0) is 8.48. The number of nitrogens with two attached hydrogens (primary N) is 1. The molecule has 0 radical (unpaired) electrons. The van der Waals surface area contributed by atoms with Gasteiger partial charge in [0, 0.05) is 6.04 Å². The first-order valence-electron chi connectivity index (χ1n) is 3.79. The molecule has 64 valence electrons. The minimum absolute atomic E-state index is 0.0399. The van der Waals surface area contributed by atoms with Gasteiger partial charge in [0.05, 0.1) is 12.1 Å². The number of amides is 1. The average molecular weight is 158 g/mol. The second kappa shape index (κ2) is 2.79. The van der Waals surface area contributed by atoms with E-state index in [0.29, 0.717) is 0 Å². The van der Waals surface area contributed by atoms with Crippen molar-refractivity contribution in [3.8, 4) is 0 Å². The van der Waals surface area contributed by atoms with Crippen molar-refractivity contribution in [3.63, 3.8) is 0 Å². The molecule has 0 heterocycles. The number of hydrogen-bond donors (Lipinski definition) is 3. The summed E-state index contributed by atoms with van der Waals surface area (Å²) in [6, 6.07) is -0.191. The fourth-order valence-corrected chi connectivity index (χ4v) is 0.775. The van der Waals surface area contributed by atoms with Gasteiger partial charge >= 0.3 is 0 Å². The first-order chi connectivity index (χ1) is 5.08. The number of nitrogens with one attached hydrogen (secondary N) is 1. The lowest BCUT2D eigenvalue weighted by molar-refractivity contribution is -0.124. The molecule has 0 saturated heterocycles. The Balaban J connectivity index is 2.32. The van der Waals surface area contributed by atoms with Gasteiger partial charge in [-0.1, -0.05) is 0 Å². The molecule has 1 saturated carbocycles. The number of aliphatic hydroxyl groups excluding tert-OH is 1. The largest absolute Gasteiger partial charge is 0.394 e. The molecule has 0 aromatic carbocycles. The van der Waals surface area contributed by atoms with Crippen molar-refractivity contribution in [1.29, 1.82) is 0 Å². The summed E-state index contributed by atoms with van der Waals surface area (Å²) in [4.78, 5) is 11.1. The van der Waals surface area contributed by atoms with E-state index in [0.717, 1.165) is 12.8 Å². The molecule has 4 N–H and O–H groups in total. The molecular weight excluding hydrogens is 144 g/mol. The third-order valence-electron chi connectivity index (χ3n) is 1.89. The van der Waals surface area contributed by atoms with Crippen LogP contribution in [-0.2, 0) is 4.79 Å². The predicted molar refractivity (Wildman–Crippen MR) is 40.8 cm³/mol. The molecule has 1 unspecified atom stereocenters. The molecule has 1 aliphatic carbocycles. The van der Waals surface area contributed by atoms with Gasteiger partial charge in [-0.05, 0) is 19.8 Å². The van der Waals surface area contributed by atoms with Gasteiger partial charge in [-0.15, -0.1) is 0 Å². The summed E-state index contributed by atoms with van der Waals surface area (Å²) in [5, 5.41) is 11.2. The van der Waals surface area contributed by atoms with Crippen LogP contribution >= 0.6 is 0 Å². The van der Waals surface area contributed by atoms with Gasteiger partial charge in [0.1, 0.15) is 0 Å². The van der Waals surface area contributed by atoms with Gasteiger partial charge in [0.25, 0.3) is 0 Å². The summed E-state index contributed by atoms with van der Waals surface area (Å²) in [6.45, 7) is 1.70. The third kappa shape index (κ3) is 1.91. The van der Waals surface area contributed by atoms with Crippen LogP contribution in [0.15, 0.2) is 0 Å². The summed E-state index contributed by atoms with van der Waals surface area (Å²) in [6.07, 6.45) is 1.52. The van der Waals surface area contributed by atoms with Crippen molar-refractivity contribution in [2.45, 2.75) is 31.3 Å². The van der Waals surface area contributed by atoms with Crippen molar-refractivity contribution in [3.05, 3.63) is 0 Å². The molecule has 0 aromatic heterocycles. The van der Waals surface area contributed by atoms with Gasteiger partial charge in [0.2, 0.25) is 5.91 Å². The maximum atomic E-state index is 11.1. The van der Waals surface area contributed by atoms with E-state index in [1.165, 1.54) is 0 Å². The molecule has 1 fully saturated rings. The Labute approximate surface area is 65.8 Å². The van der Waals surface area contributed by atoms with Crippen molar-refractivity contribution >= 4 is 5.91 Å². The number of carbonyl (C=O) groups excluding carboxylic acids is 1. The molecule has 0 bridgehead atoms. The van der Waals surface area contributed by atoms with Gasteiger partial charge < -0.3 is 16.2 Å². The van der Waals surface area contributed by atoms with E-state index in [2.05, 4.69) is 5.32 Å². The molecule has 0 aliphatic heterocycles. The van der Waals surface area contributed by atoms with Gasteiger partial charge in [-0.2, -0.15) is 0 Å². The van der Waals surface area contributed by atoms with E-state index in [1.54, 1.807) is 6.92 Å². The fourth-order valence-electron chi connectivity index (χ4n) is 0.775. The molecule has 4 heteroatoms. The van der Waals surface area contributed by atoms with Crippen LogP contribution in [0.1, 0.15) is 19.8 Å². The van der Waals surface area contributed by atoms with Gasteiger partial charge in [-0.3, -0.25) is 4.79 Å². The molecule has 11 heavy (non-hydrogen) atoms. The topological polar surface area (TPSA) is 75.3 Å². The molecule has 0 spiro atoms. The molecule has 1 aliphatic rings. The summed E-state index contributed by atoms with van der Waals surface area (Å²) >= 11 is 0. The van der Waals surface area contributed by atoms with Gasteiger partial charge in [-0.25, -0.2) is 0 Å². The maximum absolute atomic E-state index is 11.1. The summed E-state index contributed by atoms with van der Waals surface area (Å²) < 4.78 is 0. The highest BCUT2D eigenvalue weighted by atomic mass is 16.3. The monoisotopic (exact) mass is 158 g/mol. The van der Waals surface area contributed by atoms with Crippen LogP contribution in [0, 0.1) is 0 Å². The van der Waals surface area contributed by atoms with Crippen molar-refractivity contribution in [2.75, 3.05) is 6.61 Å². The van der Waals surface area contributed by atoms with Crippen LogP contribution in [0.4, 0.5) is 0 Å². The van der Waals surface area contributed by atoms with E-state index in [1.807, 2.05) is 0 Å². The highest BCUT2D eigenvalue weighted by Gasteiger charge is 2.46. The zero-order valence-corrected chi connectivity index (χ0v) is 6.63. The fraction of sp³-hybridized carbons (Fsp3) is 0.857. The molecule has 1 rings (SSSR count). The van der Waals surface area contributed by atoms with Crippen LogP contribution in [0.2, 0.25) is 0 Å². The second-order valence-electron chi connectivity index (χ2n) is 3.21. The molecule has 4 nitrogen and oxygen atoms in total. The lowest BCUT2D eigenvalue weighted by Gasteiger charge is -2.14. The molecule has 1 atom stereocenters. The standard InChI is InChI=1S/C7H14N2O2/c1-5(4-10)9-6(11)7(8)2-3-7/h5,10H,2-4,8H2,1H3,(H,9,11). The zero-order valence-electron chi connectivity index (χ0n) is 6.63. The highest BCUT2D eigenvalue weighted by molar-refractivity contribution is 5.89. The maximum Gasteiger partial charge on any atom is 0.240 e. The Morgan fingerprint density at radius 2 is 2.36 bits per heavy atom. The van der Waals surface area contributed by atoms with Crippen molar-refractivity contribution < 1.29 is 9.90 Å². The Morgan fingerprint density at radius 3 is 2.73 bits per heavy atom. The van der Waals surface area contributed by atoms with Crippen molar-refractivity contribution in [2.24, 2.45) is 5.73 Å². The normalized spacial score (nSPS) is 22.5. The minimum Gasteiger partial charge on any atom is -0.394 e. The number of aliphatic hydroxyl groups is 1. The van der Waals surface area contributed by atoms with E-state index >= 15 is 0 Å². The summed E-state index contributed by atoms with van der Waals surface area (Å²) in [7, 11) is 0. The molecule has 0 aromatic rings. The van der Waals surface area contributed by atoms with E-state index < -0.39 is 5.54 Å². The quantitative estimate of drug-likeness (QED) is 0.492. The second-order valence-corrected chi connectivity index (χ2v) is 3.21. The average Bonchev–Trinajstić information content (AvgIpc) is 2.69. The summed E-state index contributed by atoms with van der Waals surface area (Å²) in [5.74, 6) is -0.140. The number of carbonyl (C=O) groups is 1. The molecular formula is C7H14N2O2. The Morgan fingerprint density at radius 1 is 1.82 bits per heavy atom. The highest BCUT2D eigenvalue weighted by Crippen LogP contribution is 2.32. The smallest absolute Gasteiger partial charge is 0.240 e. The molecule has 1 amide bonds. The SMILES string of the molecule is CC(CO)NC(=O)C1(N)CC1. The van der Waals surface area contributed by atoms with Crippen LogP contribution < -0.4 is 11.1 Å². The number of rotatable bonds is 3. The Bertz CT molecular complexity index is 166. The van der Waals surface area contributed by atoms with Crippen LogP contribution in [0.25, 0.3) is 0 Å². The van der Waals surface area contributed by atoms with Crippen LogP contribution in [-0.4, -0.2) is 29.2 Å². The summed E-state index contributed by atoms with van der Waals surface area (Å²) in [5.41, 5.74) is 4.98. The number of hydrogen-bond acceptors (Lipinski definition) is 3. The first kappa shape index (κ1) is 8.49. The third-order valence-corrected chi connectivity index (χ3v) is 1.89.